The van der Waals surface area contributed by atoms with E-state index in [1.165, 1.54) is 0 Å². The molecule has 5 nitrogen and oxygen atoms in total. The van der Waals surface area contributed by atoms with Gasteiger partial charge in [0, 0.05) is 17.5 Å². The van der Waals surface area contributed by atoms with E-state index in [-0.39, 0.29) is 29.6 Å². The van der Waals surface area contributed by atoms with Gasteiger partial charge in [0.25, 0.3) is 0 Å². The van der Waals surface area contributed by atoms with Gasteiger partial charge in [-0.25, -0.2) is 5.43 Å². The Morgan fingerprint density at radius 1 is 1.21 bits per heavy atom. The molecule has 1 fully saturated rings. The van der Waals surface area contributed by atoms with Crippen LogP contribution in [-0.4, -0.2) is 17.5 Å². The van der Waals surface area contributed by atoms with Gasteiger partial charge in [-0.3, -0.25) is 9.59 Å². The maximum atomic E-state index is 11.6. The predicted molar refractivity (Wildman–Crippen MR) is 69.8 cm³/mol. The second kappa shape index (κ2) is 3.44. The first kappa shape index (κ1) is 10.7. The molecule has 3 unspecified atom stereocenters. The van der Waals surface area contributed by atoms with Crippen LogP contribution in [-0.2, 0) is 9.59 Å². The Morgan fingerprint density at radius 3 is 2.89 bits per heavy atom. The molecule has 0 saturated heterocycles. The number of anilines is 1. The number of hydrogen-bond acceptors (Lipinski definition) is 3. The molecule has 2 heterocycles. The zero-order valence-corrected chi connectivity index (χ0v) is 10.4. The maximum absolute atomic E-state index is 11.6. The summed E-state index contributed by atoms with van der Waals surface area (Å²) in [5, 5.41) is 7.04. The lowest BCUT2D eigenvalue weighted by Gasteiger charge is -2.13. The summed E-state index contributed by atoms with van der Waals surface area (Å²) in [5.74, 6) is 0.296. The molecule has 1 aliphatic carbocycles. The van der Waals surface area contributed by atoms with Crippen molar-refractivity contribution in [1.82, 2.24) is 5.43 Å². The number of nitrogens with one attached hydrogen (secondary N) is 2. The van der Waals surface area contributed by atoms with Crippen molar-refractivity contribution < 1.29 is 9.59 Å². The number of rotatable bonds is 1. The summed E-state index contributed by atoms with van der Waals surface area (Å²) in [6, 6.07) is 5.90. The minimum absolute atomic E-state index is 0.0279. The minimum Gasteiger partial charge on any atom is -0.325 e. The van der Waals surface area contributed by atoms with Gasteiger partial charge in [0.15, 0.2) is 0 Å². The molecule has 0 radical (unpaired) electrons. The Labute approximate surface area is 110 Å². The number of benzene rings is 1. The number of carbonyl (C=O) groups is 2. The fraction of sp³-hybridized carbons (Fsp3) is 0.357. The van der Waals surface area contributed by atoms with Crippen molar-refractivity contribution in [3.63, 3.8) is 0 Å². The standard InChI is InChI=1S/C14H13N3O2/c1-6-8-4-7(2-3-11(8)15-13(6)18)12-9-5-10(9)14(19)17-16-12/h2-4,6,9-10H,5H2,1H3,(H,15,18)(H,17,19). The molecule has 2 N–H and O–H groups in total. The zero-order valence-electron chi connectivity index (χ0n) is 10.4. The Morgan fingerprint density at radius 2 is 2.05 bits per heavy atom. The minimum atomic E-state index is -0.122. The highest BCUT2D eigenvalue weighted by Gasteiger charge is 2.49. The molecule has 1 aromatic carbocycles. The number of carbonyl (C=O) groups excluding carboxylic acids is 2. The van der Waals surface area contributed by atoms with Crippen LogP contribution >= 0.6 is 0 Å². The fourth-order valence-electron chi connectivity index (χ4n) is 2.92. The van der Waals surface area contributed by atoms with Crippen molar-refractivity contribution >= 4 is 23.2 Å². The number of fused-ring (bicyclic) bond motifs is 2. The first-order chi connectivity index (χ1) is 9.15. The SMILES string of the molecule is CC1C(=O)Nc2ccc(C3=NNC(=O)C4CC34)cc21. The van der Waals surface area contributed by atoms with Crippen LogP contribution in [0.4, 0.5) is 5.69 Å². The second-order valence-electron chi connectivity index (χ2n) is 5.43. The van der Waals surface area contributed by atoms with E-state index in [4.69, 9.17) is 0 Å². The highest BCUT2D eigenvalue weighted by Crippen LogP contribution is 2.44. The summed E-state index contributed by atoms with van der Waals surface area (Å²) in [5.41, 5.74) is 6.43. The molecule has 19 heavy (non-hydrogen) atoms. The molecule has 3 aliphatic rings. The van der Waals surface area contributed by atoms with Crippen LogP contribution in [0, 0.1) is 11.8 Å². The van der Waals surface area contributed by atoms with E-state index in [0.29, 0.717) is 0 Å². The van der Waals surface area contributed by atoms with Crippen LogP contribution in [0.1, 0.15) is 30.4 Å². The molecule has 2 amide bonds. The van der Waals surface area contributed by atoms with Crippen molar-refractivity contribution in [3.05, 3.63) is 29.3 Å². The van der Waals surface area contributed by atoms with Crippen LogP contribution in [0.15, 0.2) is 23.3 Å². The summed E-state index contributed by atoms with van der Waals surface area (Å²) < 4.78 is 0. The molecular weight excluding hydrogens is 242 g/mol. The smallest absolute Gasteiger partial charge is 0.243 e. The van der Waals surface area contributed by atoms with Crippen LogP contribution < -0.4 is 10.7 Å². The number of amides is 2. The van der Waals surface area contributed by atoms with Crippen molar-refractivity contribution in [2.45, 2.75) is 19.3 Å². The maximum Gasteiger partial charge on any atom is 0.243 e. The molecule has 0 aromatic heterocycles. The molecule has 2 aliphatic heterocycles. The molecule has 5 heteroatoms. The van der Waals surface area contributed by atoms with Gasteiger partial charge in [-0.2, -0.15) is 5.10 Å². The fourth-order valence-corrected chi connectivity index (χ4v) is 2.92. The molecule has 4 rings (SSSR count). The first-order valence-electron chi connectivity index (χ1n) is 6.48. The van der Waals surface area contributed by atoms with E-state index in [1.54, 1.807) is 0 Å². The number of hydrogen-bond donors (Lipinski definition) is 2. The summed E-state index contributed by atoms with van der Waals surface area (Å²) >= 11 is 0. The molecule has 0 spiro atoms. The van der Waals surface area contributed by atoms with Gasteiger partial charge in [-0.05, 0) is 36.6 Å². The second-order valence-corrected chi connectivity index (χ2v) is 5.43. The van der Waals surface area contributed by atoms with E-state index in [1.807, 2.05) is 25.1 Å². The van der Waals surface area contributed by atoms with Crippen molar-refractivity contribution in [3.8, 4) is 0 Å². The number of hydrazone groups is 1. The van der Waals surface area contributed by atoms with Crippen LogP contribution in [0.5, 0.6) is 0 Å². The average Bonchev–Trinajstić information content (AvgIpc) is 3.15. The lowest BCUT2D eigenvalue weighted by atomic mass is 9.96. The van der Waals surface area contributed by atoms with Gasteiger partial charge in [-0.15, -0.1) is 0 Å². The molecule has 1 saturated carbocycles. The summed E-state index contributed by atoms with van der Waals surface area (Å²) in [7, 11) is 0. The third kappa shape index (κ3) is 1.44. The van der Waals surface area contributed by atoms with Crippen LogP contribution in [0.3, 0.4) is 0 Å². The molecule has 96 valence electrons. The largest absolute Gasteiger partial charge is 0.325 e. The van der Waals surface area contributed by atoms with Gasteiger partial charge in [0.1, 0.15) is 0 Å². The quantitative estimate of drug-likeness (QED) is 0.792. The summed E-state index contributed by atoms with van der Waals surface area (Å²) in [4.78, 5) is 23.1. The van der Waals surface area contributed by atoms with E-state index in [0.717, 1.165) is 28.9 Å². The third-order valence-corrected chi connectivity index (χ3v) is 4.23. The van der Waals surface area contributed by atoms with Gasteiger partial charge in [0.2, 0.25) is 11.8 Å². The Kier molecular flexibility index (Phi) is 1.94. The van der Waals surface area contributed by atoms with Crippen molar-refractivity contribution in [2.75, 3.05) is 5.32 Å². The molecule has 3 atom stereocenters. The normalized spacial score (nSPS) is 31.0. The lowest BCUT2D eigenvalue weighted by molar-refractivity contribution is -0.122. The number of nitrogens with zero attached hydrogens (tertiary/aromatic N) is 1. The van der Waals surface area contributed by atoms with Gasteiger partial charge < -0.3 is 5.32 Å². The van der Waals surface area contributed by atoms with E-state index >= 15 is 0 Å². The van der Waals surface area contributed by atoms with Gasteiger partial charge in [-0.1, -0.05) is 6.07 Å². The predicted octanol–water partition coefficient (Wildman–Crippen LogP) is 1.21. The third-order valence-electron chi connectivity index (χ3n) is 4.23. The van der Waals surface area contributed by atoms with Crippen LogP contribution in [0.2, 0.25) is 0 Å². The van der Waals surface area contributed by atoms with Gasteiger partial charge >= 0.3 is 0 Å². The van der Waals surface area contributed by atoms with Gasteiger partial charge in [0.05, 0.1) is 11.6 Å². The monoisotopic (exact) mass is 255 g/mol. The molecule has 1 aromatic rings. The van der Waals surface area contributed by atoms with E-state index in [2.05, 4.69) is 15.8 Å². The zero-order chi connectivity index (χ0) is 13.1. The highest BCUT2D eigenvalue weighted by molar-refractivity contribution is 6.11. The van der Waals surface area contributed by atoms with Crippen LogP contribution in [0.25, 0.3) is 0 Å². The van der Waals surface area contributed by atoms with Crippen molar-refractivity contribution in [2.24, 2.45) is 16.9 Å². The lowest BCUT2D eigenvalue weighted by Crippen LogP contribution is -2.28. The van der Waals surface area contributed by atoms with E-state index < -0.39 is 0 Å². The Balaban J connectivity index is 1.75. The van der Waals surface area contributed by atoms with Crippen molar-refractivity contribution in [1.29, 1.82) is 0 Å². The topological polar surface area (TPSA) is 70.6 Å². The molecule has 0 bridgehead atoms. The Bertz CT molecular complexity index is 650. The summed E-state index contributed by atoms with van der Waals surface area (Å²) in [6.07, 6.45) is 0.883. The molecular formula is C14H13N3O2. The Hall–Kier alpha value is -2.17. The van der Waals surface area contributed by atoms with E-state index in [9.17, 15) is 9.59 Å². The average molecular weight is 255 g/mol. The first-order valence-corrected chi connectivity index (χ1v) is 6.48. The highest BCUT2D eigenvalue weighted by atomic mass is 16.2. The summed E-state index contributed by atoms with van der Waals surface area (Å²) in [6.45, 7) is 1.90.